The van der Waals surface area contributed by atoms with Crippen LogP contribution in [0.1, 0.15) is 35.3 Å². The Morgan fingerprint density at radius 3 is 2.45 bits per heavy atom. The van der Waals surface area contributed by atoms with Gasteiger partial charge in [0.1, 0.15) is 17.0 Å². The Labute approximate surface area is 262 Å². The van der Waals surface area contributed by atoms with E-state index >= 15 is 0 Å². The van der Waals surface area contributed by atoms with Crippen molar-refractivity contribution in [3.63, 3.8) is 0 Å². The third kappa shape index (κ3) is 6.30. The summed E-state index contributed by atoms with van der Waals surface area (Å²) < 4.78 is 7.54. The van der Waals surface area contributed by atoms with Crippen molar-refractivity contribution in [2.24, 2.45) is 20.0 Å². The van der Waals surface area contributed by atoms with Gasteiger partial charge in [-0.2, -0.15) is 0 Å². The van der Waals surface area contributed by atoms with Crippen LogP contribution in [0.15, 0.2) is 58.4 Å². The molecule has 2 heterocycles. The van der Waals surface area contributed by atoms with E-state index in [4.69, 9.17) is 27.9 Å². The number of benzene rings is 2. The zero-order valence-corrected chi connectivity index (χ0v) is 25.8. The first-order valence-electron chi connectivity index (χ1n) is 13.9. The quantitative estimate of drug-likeness (QED) is 0.278. The van der Waals surface area contributed by atoms with Gasteiger partial charge in [-0.3, -0.25) is 23.9 Å². The van der Waals surface area contributed by atoms with Gasteiger partial charge in [-0.1, -0.05) is 53.5 Å². The molecule has 11 nitrogen and oxygen atoms in total. The van der Waals surface area contributed by atoms with Crippen molar-refractivity contribution < 1.29 is 14.3 Å². The molecule has 13 heteroatoms. The number of nitrogens with one attached hydrogen (secondary N) is 2. The zero-order valence-electron chi connectivity index (χ0n) is 24.3. The summed E-state index contributed by atoms with van der Waals surface area (Å²) in [7, 11) is 4.28. The number of hydrogen-bond acceptors (Lipinski definition) is 8. The van der Waals surface area contributed by atoms with Crippen molar-refractivity contribution >= 4 is 40.6 Å². The number of rotatable bonds is 9. The number of nitrogens with zero attached hydrogens (tertiary/aromatic N) is 4. The number of methoxy groups -OCH3 is 1. The summed E-state index contributed by atoms with van der Waals surface area (Å²) >= 11 is 13.7. The first kappa shape index (κ1) is 31.1. The van der Waals surface area contributed by atoms with Crippen LogP contribution in [-0.2, 0) is 25.4 Å². The second-order valence-electron chi connectivity index (χ2n) is 10.6. The number of ketones is 1. The topological polar surface area (TPSA) is 137 Å². The molecule has 1 atom stereocenters. The van der Waals surface area contributed by atoms with Gasteiger partial charge in [-0.25, -0.2) is 9.78 Å². The highest BCUT2D eigenvalue weighted by Gasteiger charge is 2.22. The molecule has 0 radical (unpaired) electrons. The van der Waals surface area contributed by atoms with E-state index in [1.165, 1.54) is 27.4 Å². The van der Waals surface area contributed by atoms with Gasteiger partial charge in [0.05, 0.1) is 34.7 Å². The highest BCUT2D eigenvalue weighted by atomic mass is 35.5. The monoisotopic (exact) mass is 636 g/mol. The van der Waals surface area contributed by atoms with E-state index in [1.807, 2.05) is 0 Å². The number of aryl methyl sites for hydroxylation is 1. The van der Waals surface area contributed by atoms with Gasteiger partial charge >= 0.3 is 5.69 Å². The number of carbonyl (C=O) groups excluding carboxylic acids is 2. The van der Waals surface area contributed by atoms with Gasteiger partial charge in [0.15, 0.2) is 0 Å². The molecule has 1 saturated carbocycles. The average Bonchev–Trinajstić information content (AvgIpc) is 3.44. The lowest BCUT2D eigenvalue weighted by molar-refractivity contribution is -0.117. The van der Waals surface area contributed by atoms with Crippen LogP contribution in [0.2, 0.25) is 10.0 Å². The third-order valence-corrected chi connectivity index (χ3v) is 8.40. The summed E-state index contributed by atoms with van der Waals surface area (Å²) in [6.45, 7) is 1.16. The van der Waals surface area contributed by atoms with Gasteiger partial charge < -0.3 is 19.9 Å². The van der Waals surface area contributed by atoms with E-state index in [-0.39, 0.29) is 16.3 Å². The predicted octanol–water partition coefficient (Wildman–Crippen LogP) is 4.23. The molecule has 2 N–H and O–H groups in total. The summed E-state index contributed by atoms with van der Waals surface area (Å²) in [6, 6.07) is 10.5. The van der Waals surface area contributed by atoms with Gasteiger partial charge in [-0.05, 0) is 24.9 Å². The van der Waals surface area contributed by atoms with Crippen LogP contribution in [0.4, 0.5) is 5.69 Å². The maximum absolute atomic E-state index is 13.0. The Bertz CT molecular complexity index is 1890. The maximum atomic E-state index is 13.0. The molecule has 1 amide bonds. The van der Waals surface area contributed by atoms with Crippen LogP contribution in [0, 0.1) is 5.92 Å². The molecule has 4 aromatic rings. The maximum Gasteiger partial charge on any atom is 0.330 e. The van der Waals surface area contributed by atoms with Crippen LogP contribution in [0.25, 0.3) is 22.4 Å². The number of hydrogen-bond donors (Lipinski definition) is 2. The number of aromatic nitrogens is 4. The molecule has 0 bridgehead atoms. The van der Waals surface area contributed by atoms with E-state index in [0.717, 1.165) is 15.6 Å². The van der Waals surface area contributed by atoms with Crippen molar-refractivity contribution in [1.29, 1.82) is 0 Å². The molecule has 0 unspecified atom stereocenters. The van der Waals surface area contributed by atoms with Crippen LogP contribution in [-0.4, -0.2) is 44.4 Å². The lowest BCUT2D eigenvalue weighted by Crippen LogP contribution is -2.40. The molecule has 1 fully saturated rings. The van der Waals surface area contributed by atoms with Gasteiger partial charge in [0.25, 0.3) is 11.5 Å². The van der Waals surface area contributed by atoms with Gasteiger partial charge in [-0.15, -0.1) is 0 Å². The summed E-state index contributed by atoms with van der Waals surface area (Å²) in [6.07, 6.45) is 4.96. The number of amides is 1. The van der Waals surface area contributed by atoms with Crippen molar-refractivity contribution in [3.8, 4) is 28.3 Å². The lowest BCUT2D eigenvalue weighted by Gasteiger charge is -2.15. The van der Waals surface area contributed by atoms with Gasteiger partial charge in [0.2, 0.25) is 5.88 Å². The van der Waals surface area contributed by atoms with E-state index in [0.29, 0.717) is 76.6 Å². The van der Waals surface area contributed by atoms with Crippen molar-refractivity contribution in [2.75, 3.05) is 19.0 Å². The number of Topliss-reactive ketones (excluding diaryl/α,β-unsaturated/α-hetero) is 1. The Morgan fingerprint density at radius 2 is 1.75 bits per heavy atom. The van der Waals surface area contributed by atoms with Gasteiger partial charge in [0, 0.05) is 56.4 Å². The molecule has 0 aliphatic heterocycles. The Kier molecular flexibility index (Phi) is 9.28. The average molecular weight is 638 g/mol. The van der Waals surface area contributed by atoms with Crippen molar-refractivity contribution in [2.45, 2.75) is 25.8 Å². The highest BCUT2D eigenvalue weighted by molar-refractivity contribution is 6.39. The smallest absolute Gasteiger partial charge is 0.330 e. The second kappa shape index (κ2) is 13.1. The highest BCUT2D eigenvalue weighted by Crippen LogP contribution is 2.41. The lowest BCUT2D eigenvalue weighted by atomic mass is 10.0. The largest absolute Gasteiger partial charge is 0.480 e. The molecule has 2 aromatic heterocycles. The van der Waals surface area contributed by atoms with Crippen molar-refractivity contribution in [1.82, 2.24) is 24.4 Å². The fourth-order valence-electron chi connectivity index (χ4n) is 5.20. The summed E-state index contributed by atoms with van der Waals surface area (Å²) in [5.41, 5.74) is 1.61. The van der Waals surface area contributed by atoms with Crippen LogP contribution in [0.3, 0.4) is 0 Å². The van der Waals surface area contributed by atoms with Crippen LogP contribution < -0.4 is 26.6 Å². The van der Waals surface area contributed by atoms with Crippen LogP contribution >= 0.6 is 23.2 Å². The van der Waals surface area contributed by atoms with E-state index in [1.54, 1.807) is 42.6 Å². The second-order valence-corrected chi connectivity index (χ2v) is 11.3. The number of anilines is 1. The predicted molar refractivity (Wildman–Crippen MR) is 168 cm³/mol. The normalized spacial score (nSPS) is 14.6. The van der Waals surface area contributed by atoms with Crippen LogP contribution in [0.5, 0.6) is 5.88 Å². The molecule has 0 saturated heterocycles. The summed E-state index contributed by atoms with van der Waals surface area (Å²) in [5.74, 6) is 0.283. The minimum atomic E-state index is -0.725. The number of halogens is 2. The summed E-state index contributed by atoms with van der Waals surface area (Å²) in [5, 5.41) is 6.58. The summed E-state index contributed by atoms with van der Waals surface area (Å²) in [4.78, 5) is 58.4. The molecular weight excluding hydrogens is 607 g/mol. The molecule has 2 aromatic carbocycles. The molecule has 1 aliphatic rings. The molecule has 5 rings (SSSR count). The van der Waals surface area contributed by atoms with Crippen molar-refractivity contribution in [3.05, 3.63) is 90.9 Å². The number of ether oxygens (including phenoxy) is 1. The van der Waals surface area contributed by atoms with E-state index < -0.39 is 17.2 Å². The Hall–Kier alpha value is -4.32. The minimum absolute atomic E-state index is 0.204. The molecular formula is C31H30Cl2N6O5. The SMILES string of the molecule is COc1nc(-c2cccc(-c3cccc(NC(=O)c4cn(C)c(=O)n(C)c4=O)c3Cl)c2Cl)cnc1CNC[C@@H]1CCC(=O)C1. The minimum Gasteiger partial charge on any atom is -0.480 e. The molecule has 1 aliphatic carbocycles. The first-order valence-corrected chi connectivity index (χ1v) is 14.6. The first-order chi connectivity index (χ1) is 21.1. The Balaban J connectivity index is 1.40. The third-order valence-electron chi connectivity index (χ3n) is 7.58. The standard InChI is InChI=1S/C31H30Cl2N6O5/c1-38-16-22(30(42)39(2)31(38)43)28(41)36-23-9-5-7-20(27(23)33)19-6-4-8-21(26(19)32)24-15-35-25(29(37-24)44-3)14-34-13-17-10-11-18(40)12-17/h4-9,15-17,34H,10-14H2,1-3H3,(H,36,41)/t17-/m1/s1. The molecule has 0 spiro atoms. The fourth-order valence-corrected chi connectivity index (χ4v) is 5.80. The Morgan fingerprint density at radius 1 is 1.05 bits per heavy atom. The van der Waals surface area contributed by atoms with E-state index in [2.05, 4.69) is 20.6 Å². The molecule has 44 heavy (non-hydrogen) atoms. The fraction of sp³-hybridized carbons (Fsp3) is 0.290. The van der Waals surface area contributed by atoms with E-state index in [9.17, 15) is 19.2 Å². The molecule has 228 valence electrons. The zero-order chi connectivity index (χ0) is 31.5. The number of carbonyl (C=O) groups is 2.